The van der Waals surface area contributed by atoms with Crippen molar-refractivity contribution >= 4 is 51.8 Å². The largest absolute Gasteiger partial charge is 0.495 e. The first kappa shape index (κ1) is 29.4. The molecule has 3 heterocycles. The van der Waals surface area contributed by atoms with Gasteiger partial charge in [0.25, 0.3) is 0 Å². The van der Waals surface area contributed by atoms with E-state index in [1.165, 1.54) is 26.5 Å². The number of pyridine rings is 1. The normalized spacial score (nSPS) is 17.3. The van der Waals surface area contributed by atoms with Crippen molar-refractivity contribution in [1.82, 2.24) is 20.3 Å². The van der Waals surface area contributed by atoms with Gasteiger partial charge in [0, 0.05) is 29.8 Å². The molecule has 3 N–H and O–H groups in total. The summed E-state index contributed by atoms with van der Waals surface area (Å²) >= 11 is 13.1. The van der Waals surface area contributed by atoms with Gasteiger partial charge in [-0.3, -0.25) is 4.79 Å². The first-order valence-electron chi connectivity index (χ1n) is 11.9. The van der Waals surface area contributed by atoms with Gasteiger partial charge in [0.2, 0.25) is 11.9 Å². The summed E-state index contributed by atoms with van der Waals surface area (Å²) in [5.41, 5.74) is 0.441. The Morgan fingerprint density at radius 1 is 1.18 bits per heavy atom. The van der Waals surface area contributed by atoms with Gasteiger partial charge in [0.1, 0.15) is 23.6 Å². The number of fused-ring (bicyclic) bond motifs is 1. The number of hydrogen-bond donors (Lipinski definition) is 3. The predicted molar refractivity (Wildman–Crippen MR) is 145 cm³/mol. The average Bonchev–Trinajstić information content (AvgIpc) is 2.92. The Kier molecular flexibility index (Phi) is 9.06. The maximum atomic E-state index is 13.2. The number of methoxy groups -OCH3 is 2. The standard InChI is InChI=1S/C25H25Cl2F3N6O4/c1-4-18(37)33-13-5-6-40-10-15(13)35-24-31-9-12-7-14(34-23(22(12)36-24)32-11-25(28,29)30)19-20(26)16(38-2)8-17(39-3)21(19)27/h4,7-9,13,15H,1,5-6,10-11H2,2-3H3,(H,32,34)(H,33,37)(H,31,35,36)/t13-,15+/m0/s1. The number of ether oxygens (including phenoxy) is 3. The van der Waals surface area contributed by atoms with E-state index in [2.05, 4.69) is 37.5 Å². The summed E-state index contributed by atoms with van der Waals surface area (Å²) in [6, 6.07) is 2.31. The van der Waals surface area contributed by atoms with Crippen LogP contribution in [0.15, 0.2) is 31.0 Å². The van der Waals surface area contributed by atoms with Gasteiger partial charge in [0.15, 0.2) is 5.82 Å². The molecule has 15 heteroatoms. The first-order valence-corrected chi connectivity index (χ1v) is 12.7. The summed E-state index contributed by atoms with van der Waals surface area (Å²) in [6.07, 6.45) is -1.42. The van der Waals surface area contributed by atoms with Crippen molar-refractivity contribution in [3.05, 3.63) is 41.0 Å². The molecule has 0 aliphatic carbocycles. The molecule has 1 fully saturated rings. The molecule has 0 spiro atoms. The van der Waals surface area contributed by atoms with Crippen LogP contribution in [0.25, 0.3) is 22.2 Å². The van der Waals surface area contributed by atoms with E-state index in [0.29, 0.717) is 18.4 Å². The summed E-state index contributed by atoms with van der Waals surface area (Å²) < 4.78 is 55.7. The zero-order chi connectivity index (χ0) is 29.0. The second kappa shape index (κ2) is 12.3. The molecule has 0 radical (unpaired) electrons. The zero-order valence-corrected chi connectivity index (χ0v) is 22.9. The minimum Gasteiger partial charge on any atom is -0.495 e. The van der Waals surface area contributed by atoms with E-state index in [1.54, 1.807) is 6.07 Å². The lowest BCUT2D eigenvalue weighted by molar-refractivity contribution is -0.118. The van der Waals surface area contributed by atoms with Crippen LogP contribution >= 0.6 is 23.2 Å². The molecule has 1 aliphatic heterocycles. The second-order valence-corrected chi connectivity index (χ2v) is 9.43. The van der Waals surface area contributed by atoms with Gasteiger partial charge in [-0.15, -0.1) is 0 Å². The van der Waals surface area contributed by atoms with Gasteiger partial charge in [-0.25, -0.2) is 15.0 Å². The molecule has 0 bridgehead atoms. The summed E-state index contributed by atoms with van der Waals surface area (Å²) in [6.45, 7) is 2.77. The van der Waals surface area contributed by atoms with Gasteiger partial charge in [-0.1, -0.05) is 29.8 Å². The fourth-order valence-corrected chi connectivity index (χ4v) is 4.81. The summed E-state index contributed by atoms with van der Waals surface area (Å²) in [5.74, 6) is 0.0339. The van der Waals surface area contributed by atoms with Crippen LogP contribution in [0.5, 0.6) is 11.5 Å². The lowest BCUT2D eigenvalue weighted by atomic mass is 10.0. The Morgan fingerprint density at radius 3 is 2.50 bits per heavy atom. The van der Waals surface area contributed by atoms with Crippen LogP contribution in [0.1, 0.15) is 6.42 Å². The van der Waals surface area contributed by atoms with Gasteiger partial charge in [-0.2, -0.15) is 13.2 Å². The van der Waals surface area contributed by atoms with E-state index in [1.807, 2.05) is 0 Å². The molecule has 0 unspecified atom stereocenters. The lowest BCUT2D eigenvalue weighted by Crippen LogP contribution is -2.52. The number of benzene rings is 1. The fraction of sp³-hybridized carbons (Fsp3) is 0.360. The van der Waals surface area contributed by atoms with Gasteiger partial charge < -0.3 is 30.2 Å². The number of nitrogens with one attached hydrogen (secondary N) is 3. The van der Waals surface area contributed by atoms with E-state index < -0.39 is 18.8 Å². The average molecular weight is 601 g/mol. The number of nitrogens with zero attached hydrogens (tertiary/aromatic N) is 3. The molecular formula is C25H25Cl2F3N6O4. The molecular weight excluding hydrogens is 576 g/mol. The second-order valence-electron chi connectivity index (χ2n) is 8.67. The van der Waals surface area contributed by atoms with Crippen molar-refractivity contribution in [3.63, 3.8) is 0 Å². The third-order valence-electron chi connectivity index (χ3n) is 6.04. The Bertz CT molecular complexity index is 1400. The number of carbonyl (C=O) groups excluding carboxylic acids is 1. The van der Waals surface area contributed by atoms with Crippen LogP contribution in [-0.2, 0) is 9.53 Å². The molecule has 1 aliphatic rings. The van der Waals surface area contributed by atoms with Crippen LogP contribution in [-0.4, -0.2) is 73.1 Å². The number of amides is 1. The molecule has 0 saturated carbocycles. The molecule has 1 saturated heterocycles. The monoisotopic (exact) mass is 600 g/mol. The quantitative estimate of drug-likeness (QED) is 0.296. The topological polar surface area (TPSA) is 120 Å². The van der Waals surface area contributed by atoms with Gasteiger partial charge in [0.05, 0.1) is 48.6 Å². The van der Waals surface area contributed by atoms with Crippen LogP contribution < -0.4 is 25.4 Å². The molecule has 214 valence electrons. The van der Waals surface area contributed by atoms with Crippen LogP contribution in [0, 0.1) is 0 Å². The molecule has 2 atom stereocenters. The zero-order valence-electron chi connectivity index (χ0n) is 21.4. The number of anilines is 2. The van der Waals surface area contributed by atoms with Crippen molar-refractivity contribution < 1.29 is 32.2 Å². The minimum atomic E-state index is -4.54. The first-order chi connectivity index (χ1) is 19.0. The summed E-state index contributed by atoms with van der Waals surface area (Å²) in [7, 11) is 2.80. The van der Waals surface area contributed by atoms with Crippen molar-refractivity contribution in [1.29, 1.82) is 0 Å². The molecule has 40 heavy (non-hydrogen) atoms. The molecule has 3 aromatic rings. The van der Waals surface area contributed by atoms with Crippen LogP contribution in [0.3, 0.4) is 0 Å². The molecule has 10 nitrogen and oxygen atoms in total. The Hall–Kier alpha value is -3.55. The van der Waals surface area contributed by atoms with Crippen molar-refractivity contribution in [2.75, 3.05) is 44.6 Å². The predicted octanol–water partition coefficient (Wildman–Crippen LogP) is 4.86. The number of carbonyl (C=O) groups is 1. The SMILES string of the molecule is C=CC(=O)N[C@H]1CCOC[C@H]1Nc1ncc2cc(-c3c(Cl)c(OC)cc(OC)c3Cl)nc(NCC(F)(F)F)c2n1. The number of halogens is 5. The summed E-state index contributed by atoms with van der Waals surface area (Å²) in [5, 5.41) is 8.77. The highest BCUT2D eigenvalue weighted by molar-refractivity contribution is 6.41. The maximum absolute atomic E-state index is 13.2. The third kappa shape index (κ3) is 6.60. The highest BCUT2D eigenvalue weighted by Crippen LogP contribution is 2.46. The number of hydrogen-bond acceptors (Lipinski definition) is 9. The van der Waals surface area contributed by atoms with Crippen LogP contribution in [0.4, 0.5) is 24.9 Å². The number of aromatic nitrogens is 3. The molecule has 1 amide bonds. The third-order valence-corrected chi connectivity index (χ3v) is 6.79. The molecule has 4 rings (SSSR count). The highest BCUT2D eigenvalue weighted by Gasteiger charge is 2.30. The Balaban J connectivity index is 1.79. The van der Waals surface area contributed by atoms with E-state index in [4.69, 9.17) is 37.4 Å². The van der Waals surface area contributed by atoms with Crippen molar-refractivity contribution in [2.24, 2.45) is 0 Å². The minimum absolute atomic E-state index is 0.0889. The Labute approximate surface area is 237 Å². The molecule has 2 aromatic heterocycles. The van der Waals surface area contributed by atoms with E-state index in [9.17, 15) is 18.0 Å². The van der Waals surface area contributed by atoms with Crippen LogP contribution in [0.2, 0.25) is 10.0 Å². The smallest absolute Gasteiger partial charge is 0.405 e. The summed E-state index contributed by atoms with van der Waals surface area (Å²) in [4.78, 5) is 25.0. The van der Waals surface area contributed by atoms with E-state index in [-0.39, 0.29) is 68.6 Å². The van der Waals surface area contributed by atoms with Crippen molar-refractivity contribution in [2.45, 2.75) is 24.7 Å². The highest BCUT2D eigenvalue weighted by atomic mass is 35.5. The number of rotatable bonds is 9. The van der Waals surface area contributed by atoms with Gasteiger partial charge >= 0.3 is 6.18 Å². The number of alkyl halides is 3. The lowest BCUT2D eigenvalue weighted by Gasteiger charge is -2.32. The van der Waals surface area contributed by atoms with E-state index in [0.717, 1.165) is 6.08 Å². The van der Waals surface area contributed by atoms with E-state index >= 15 is 0 Å². The molecule has 1 aromatic carbocycles. The fourth-order valence-electron chi connectivity index (χ4n) is 4.12. The Morgan fingerprint density at radius 2 is 1.88 bits per heavy atom. The van der Waals surface area contributed by atoms with Gasteiger partial charge in [-0.05, 0) is 18.6 Å². The van der Waals surface area contributed by atoms with Crippen molar-refractivity contribution in [3.8, 4) is 22.8 Å². The maximum Gasteiger partial charge on any atom is 0.405 e.